The van der Waals surface area contributed by atoms with E-state index in [1.54, 1.807) is 0 Å². The second kappa shape index (κ2) is 4.93. The van der Waals surface area contributed by atoms with Gasteiger partial charge in [0.25, 0.3) is 5.91 Å². The first-order chi connectivity index (χ1) is 10.0. The van der Waals surface area contributed by atoms with E-state index in [4.69, 9.17) is 15.2 Å². The van der Waals surface area contributed by atoms with Crippen LogP contribution in [0.3, 0.4) is 0 Å². The molecule has 0 saturated carbocycles. The Morgan fingerprint density at radius 2 is 2.00 bits per heavy atom. The van der Waals surface area contributed by atoms with Crippen molar-refractivity contribution in [3.8, 4) is 17.2 Å². The van der Waals surface area contributed by atoms with E-state index < -0.39 is 11.6 Å². The van der Waals surface area contributed by atoms with Crippen molar-refractivity contribution >= 4 is 17.3 Å². The summed E-state index contributed by atoms with van der Waals surface area (Å²) in [6.07, 6.45) is 0. The molecule has 0 bridgehead atoms. The van der Waals surface area contributed by atoms with Gasteiger partial charge >= 0.3 is 0 Å². The van der Waals surface area contributed by atoms with Crippen LogP contribution in [0.15, 0.2) is 30.3 Å². The molecule has 21 heavy (non-hydrogen) atoms. The van der Waals surface area contributed by atoms with Crippen molar-refractivity contribution in [1.82, 2.24) is 0 Å². The van der Waals surface area contributed by atoms with Crippen LogP contribution in [0.5, 0.6) is 17.2 Å². The zero-order valence-electron chi connectivity index (χ0n) is 10.7. The first-order valence-corrected chi connectivity index (χ1v) is 6.02. The van der Waals surface area contributed by atoms with Gasteiger partial charge in [0.2, 0.25) is 0 Å². The van der Waals surface area contributed by atoms with Crippen LogP contribution in [0.25, 0.3) is 0 Å². The fourth-order valence-corrected chi connectivity index (χ4v) is 1.89. The molecule has 0 atom stereocenters. The number of nitrogens with two attached hydrogens (primary N) is 1. The molecule has 3 rings (SSSR count). The lowest BCUT2D eigenvalue weighted by Gasteiger charge is -2.20. The van der Waals surface area contributed by atoms with Crippen LogP contribution in [0.4, 0.5) is 20.2 Å². The van der Waals surface area contributed by atoms with E-state index in [2.05, 4.69) is 5.32 Å². The molecule has 0 fully saturated rings. The number of rotatable bonds is 2. The molecule has 1 aliphatic rings. The molecule has 2 aromatic rings. The molecule has 0 spiro atoms. The number of ether oxygens (including phenoxy) is 2. The molecule has 0 saturated heterocycles. The predicted octanol–water partition coefficient (Wildman–Crippen LogP) is 2.67. The first kappa shape index (κ1) is 13.2. The molecule has 0 unspecified atom stereocenters. The number of halogens is 2. The molecule has 1 aliphatic heterocycles. The van der Waals surface area contributed by atoms with Gasteiger partial charge in [0.15, 0.2) is 23.9 Å². The maximum atomic E-state index is 13.6. The number of nitrogens with one attached hydrogen (secondary N) is 1. The quantitative estimate of drug-likeness (QED) is 0.835. The summed E-state index contributed by atoms with van der Waals surface area (Å²) < 4.78 is 36.9. The summed E-state index contributed by atoms with van der Waals surface area (Å²) in [7, 11) is 0. The number of nitrogen functional groups attached to an aromatic ring is 1. The van der Waals surface area contributed by atoms with E-state index in [1.165, 1.54) is 12.1 Å². The second-order valence-electron chi connectivity index (χ2n) is 4.40. The number of benzene rings is 2. The SMILES string of the molecule is Nc1cc2c(cc1Oc1ccc(F)cc1F)NC(=O)CO2. The molecule has 7 heteroatoms. The lowest BCUT2D eigenvalue weighted by Crippen LogP contribution is -2.25. The summed E-state index contributed by atoms with van der Waals surface area (Å²) in [5, 5.41) is 2.58. The molecule has 1 amide bonds. The summed E-state index contributed by atoms with van der Waals surface area (Å²) >= 11 is 0. The average Bonchev–Trinajstić information content (AvgIpc) is 2.43. The van der Waals surface area contributed by atoms with Gasteiger partial charge in [0.1, 0.15) is 11.6 Å². The maximum Gasteiger partial charge on any atom is 0.262 e. The van der Waals surface area contributed by atoms with Gasteiger partial charge in [-0.15, -0.1) is 0 Å². The van der Waals surface area contributed by atoms with Crippen molar-refractivity contribution in [2.24, 2.45) is 0 Å². The molecule has 5 nitrogen and oxygen atoms in total. The van der Waals surface area contributed by atoms with E-state index in [9.17, 15) is 13.6 Å². The number of anilines is 2. The molecule has 0 radical (unpaired) electrons. The number of fused-ring (bicyclic) bond motifs is 1. The Balaban J connectivity index is 1.95. The standard InChI is InChI=1S/C14H10F2N2O3/c15-7-1-2-11(8(16)3-7)21-12-5-10-13(4-9(12)17)20-6-14(19)18-10/h1-5H,6,17H2,(H,18,19). The molecular weight excluding hydrogens is 282 g/mol. The summed E-state index contributed by atoms with van der Waals surface area (Å²) in [6.45, 7) is -0.0980. The highest BCUT2D eigenvalue weighted by Crippen LogP contribution is 2.38. The highest BCUT2D eigenvalue weighted by molar-refractivity contribution is 5.96. The minimum absolute atomic E-state index is 0.0980. The number of hydrogen-bond acceptors (Lipinski definition) is 4. The molecule has 108 valence electrons. The summed E-state index contributed by atoms with van der Waals surface area (Å²) in [5.41, 5.74) is 6.37. The van der Waals surface area contributed by atoms with Crippen LogP contribution in [-0.4, -0.2) is 12.5 Å². The van der Waals surface area contributed by atoms with Gasteiger partial charge in [-0.2, -0.15) is 0 Å². The van der Waals surface area contributed by atoms with Crippen molar-refractivity contribution in [1.29, 1.82) is 0 Å². The minimum Gasteiger partial charge on any atom is -0.481 e. The van der Waals surface area contributed by atoms with Crippen LogP contribution in [0.1, 0.15) is 0 Å². The Labute approximate surface area is 118 Å². The predicted molar refractivity (Wildman–Crippen MR) is 71.4 cm³/mol. The highest BCUT2D eigenvalue weighted by atomic mass is 19.1. The van der Waals surface area contributed by atoms with E-state index in [1.807, 2.05) is 0 Å². The molecule has 1 heterocycles. The first-order valence-electron chi connectivity index (χ1n) is 6.02. The van der Waals surface area contributed by atoms with Gasteiger partial charge in [-0.05, 0) is 12.1 Å². The monoisotopic (exact) mass is 292 g/mol. The fraction of sp³-hybridized carbons (Fsp3) is 0.0714. The van der Waals surface area contributed by atoms with E-state index >= 15 is 0 Å². The molecular formula is C14H10F2N2O3. The summed E-state index contributed by atoms with van der Waals surface area (Å²) in [6, 6.07) is 5.81. The fourth-order valence-electron chi connectivity index (χ4n) is 1.89. The zero-order chi connectivity index (χ0) is 15.0. The molecule has 3 N–H and O–H groups in total. The lowest BCUT2D eigenvalue weighted by atomic mass is 10.2. The van der Waals surface area contributed by atoms with E-state index in [-0.39, 0.29) is 29.7 Å². The third-order valence-electron chi connectivity index (χ3n) is 2.86. The van der Waals surface area contributed by atoms with Crippen LogP contribution in [0, 0.1) is 11.6 Å². The Hall–Kier alpha value is -2.83. The van der Waals surface area contributed by atoms with E-state index in [0.29, 0.717) is 17.5 Å². The molecule has 2 aromatic carbocycles. The second-order valence-corrected chi connectivity index (χ2v) is 4.40. The number of hydrogen-bond donors (Lipinski definition) is 2. The Kier molecular flexibility index (Phi) is 3.09. The van der Waals surface area contributed by atoms with Gasteiger partial charge in [-0.3, -0.25) is 4.79 Å². The van der Waals surface area contributed by atoms with Gasteiger partial charge in [0, 0.05) is 18.2 Å². The van der Waals surface area contributed by atoms with Crippen LogP contribution in [-0.2, 0) is 4.79 Å². The van der Waals surface area contributed by atoms with Gasteiger partial charge in [0.05, 0.1) is 11.4 Å². The van der Waals surface area contributed by atoms with Crippen molar-refractivity contribution in [2.45, 2.75) is 0 Å². The van der Waals surface area contributed by atoms with Gasteiger partial charge < -0.3 is 20.5 Å². The van der Waals surface area contributed by atoms with Crippen molar-refractivity contribution in [3.05, 3.63) is 42.0 Å². The number of carbonyl (C=O) groups is 1. The number of amides is 1. The smallest absolute Gasteiger partial charge is 0.262 e. The highest BCUT2D eigenvalue weighted by Gasteiger charge is 2.19. The largest absolute Gasteiger partial charge is 0.481 e. The normalized spacial score (nSPS) is 13.1. The molecule has 0 aromatic heterocycles. The van der Waals surface area contributed by atoms with Crippen LogP contribution < -0.4 is 20.5 Å². The topological polar surface area (TPSA) is 73.6 Å². The third-order valence-corrected chi connectivity index (χ3v) is 2.86. The Morgan fingerprint density at radius 1 is 1.19 bits per heavy atom. The summed E-state index contributed by atoms with van der Waals surface area (Å²) in [4.78, 5) is 11.3. The average molecular weight is 292 g/mol. The van der Waals surface area contributed by atoms with Crippen molar-refractivity contribution in [3.63, 3.8) is 0 Å². The third kappa shape index (κ3) is 2.58. The Morgan fingerprint density at radius 3 is 2.76 bits per heavy atom. The van der Waals surface area contributed by atoms with Crippen molar-refractivity contribution in [2.75, 3.05) is 17.7 Å². The van der Waals surface area contributed by atoms with Crippen LogP contribution in [0.2, 0.25) is 0 Å². The number of carbonyl (C=O) groups excluding carboxylic acids is 1. The molecule has 0 aliphatic carbocycles. The van der Waals surface area contributed by atoms with Crippen molar-refractivity contribution < 1.29 is 23.0 Å². The Bertz CT molecular complexity index is 734. The maximum absolute atomic E-state index is 13.6. The zero-order valence-corrected chi connectivity index (χ0v) is 10.7. The van der Waals surface area contributed by atoms with Gasteiger partial charge in [-0.25, -0.2) is 8.78 Å². The van der Waals surface area contributed by atoms with E-state index in [0.717, 1.165) is 12.1 Å². The minimum atomic E-state index is -0.854. The van der Waals surface area contributed by atoms with Crippen LogP contribution >= 0.6 is 0 Å². The lowest BCUT2D eigenvalue weighted by molar-refractivity contribution is -0.118. The summed E-state index contributed by atoms with van der Waals surface area (Å²) in [5.74, 6) is -1.52. The van der Waals surface area contributed by atoms with Gasteiger partial charge in [-0.1, -0.05) is 0 Å².